The summed E-state index contributed by atoms with van der Waals surface area (Å²) in [5.74, 6) is 0. The smallest absolute Gasteiger partial charge is 0.0867 e. The van der Waals surface area contributed by atoms with Crippen molar-refractivity contribution in [2.24, 2.45) is 0 Å². The van der Waals surface area contributed by atoms with Gasteiger partial charge in [-0.15, -0.1) is 0 Å². The van der Waals surface area contributed by atoms with Crippen molar-refractivity contribution in [2.75, 3.05) is 6.54 Å². The van der Waals surface area contributed by atoms with Crippen molar-refractivity contribution in [3.8, 4) is 0 Å². The van der Waals surface area contributed by atoms with Gasteiger partial charge >= 0.3 is 0 Å². The first-order valence-corrected chi connectivity index (χ1v) is 47.5. The van der Waals surface area contributed by atoms with Gasteiger partial charge in [-0.25, -0.2) is 4.44 Å². The average Bonchev–Trinajstić information content (AvgIpc) is 3.65. The van der Waals surface area contributed by atoms with E-state index in [2.05, 4.69) is 215 Å². The number of nitrogens with zero attached hydrogens (tertiary/aromatic N) is 1. The minimum absolute atomic E-state index is 0.957. The van der Waals surface area contributed by atoms with Crippen LogP contribution < -0.4 is 42.0 Å². The van der Waals surface area contributed by atoms with Crippen LogP contribution in [0.1, 0.15) is 204 Å². The molecular formula is C74H121NP2Si4. The predicted molar refractivity (Wildman–Crippen MR) is 385 cm³/mol. The van der Waals surface area contributed by atoms with Crippen molar-refractivity contribution in [3.63, 3.8) is 0 Å². The molecule has 0 fully saturated rings. The molecule has 0 radical (unpaired) electrons. The van der Waals surface area contributed by atoms with Gasteiger partial charge in [0.15, 0.2) is 0 Å². The van der Waals surface area contributed by atoms with Gasteiger partial charge in [-0.2, -0.15) is 0 Å². The molecule has 0 N–H and O–H groups in total. The van der Waals surface area contributed by atoms with Crippen molar-refractivity contribution in [1.82, 2.24) is 4.44 Å². The highest BCUT2D eigenvalue weighted by Crippen LogP contribution is 2.55. The Balaban J connectivity index is 1.97. The van der Waals surface area contributed by atoms with Gasteiger partial charge < -0.3 is 0 Å². The van der Waals surface area contributed by atoms with E-state index in [1.807, 2.05) is 0 Å². The molecule has 7 heteroatoms. The Kier molecular flexibility index (Phi) is 32.1. The molecule has 81 heavy (non-hydrogen) atoms. The fourth-order valence-electron chi connectivity index (χ4n) is 15.0. The first kappa shape index (κ1) is 69.6. The third kappa shape index (κ3) is 19.1. The maximum atomic E-state index is 3.21. The zero-order valence-electron chi connectivity index (χ0n) is 54.6. The predicted octanol–water partition coefficient (Wildman–Crippen LogP) is 20.5. The summed E-state index contributed by atoms with van der Waals surface area (Å²) in [7, 11) is -8.95. The van der Waals surface area contributed by atoms with Crippen LogP contribution >= 0.6 is 16.1 Å². The molecule has 5 aromatic rings. The van der Waals surface area contributed by atoms with E-state index in [1.165, 1.54) is 194 Å². The molecule has 0 spiro atoms. The molecule has 0 amide bonds. The molecule has 448 valence electrons. The highest BCUT2D eigenvalue weighted by molar-refractivity contribution is 7.84. The molecule has 0 atom stereocenters. The monoisotopic (exact) mass is 1200 g/mol. The number of hydrogen-bond acceptors (Lipinski definition) is 1. The van der Waals surface area contributed by atoms with Gasteiger partial charge in [0.2, 0.25) is 0 Å². The Bertz CT molecular complexity index is 2220. The van der Waals surface area contributed by atoms with Crippen LogP contribution in [0.15, 0.2) is 127 Å². The number of rotatable bonds is 43. The Hall–Kier alpha value is -2.21. The van der Waals surface area contributed by atoms with Gasteiger partial charge in [0.25, 0.3) is 0 Å². The van der Waals surface area contributed by atoms with E-state index in [0.717, 1.165) is 13.0 Å². The van der Waals surface area contributed by atoms with Crippen LogP contribution in [0.4, 0.5) is 0 Å². The minimum atomic E-state index is -1.84. The lowest BCUT2D eigenvalue weighted by atomic mass is 10.2. The number of unbranched alkanes of at least 4 members (excludes halogenated alkanes) is 6. The van der Waals surface area contributed by atoms with E-state index in [1.54, 1.807) is 42.0 Å². The van der Waals surface area contributed by atoms with Gasteiger partial charge in [0.1, 0.15) is 0 Å². The quantitative estimate of drug-likeness (QED) is 0.0278. The van der Waals surface area contributed by atoms with Crippen LogP contribution in [0, 0.1) is 0 Å². The van der Waals surface area contributed by atoms with E-state index in [0.29, 0.717) is 0 Å². The largest absolute Gasteiger partial charge is 0.244 e. The molecule has 0 saturated heterocycles. The van der Waals surface area contributed by atoms with Crippen LogP contribution in [0.2, 0.25) is 72.5 Å². The zero-order chi connectivity index (χ0) is 58.4. The van der Waals surface area contributed by atoms with Crippen LogP contribution in [0.5, 0.6) is 0 Å². The lowest BCUT2D eigenvalue weighted by Gasteiger charge is -2.41. The summed E-state index contributed by atoms with van der Waals surface area (Å²) in [6.07, 6.45) is 24.7. The second-order valence-electron chi connectivity index (χ2n) is 25.4. The summed E-state index contributed by atoms with van der Waals surface area (Å²) in [6, 6.07) is 71.8. The summed E-state index contributed by atoms with van der Waals surface area (Å²) >= 11 is 0. The lowest BCUT2D eigenvalue weighted by molar-refractivity contribution is 0.706. The molecule has 0 aliphatic carbocycles. The molecular weight excluding hydrogens is 1080 g/mol. The second-order valence-corrected chi connectivity index (χ2v) is 48.5. The molecule has 0 aromatic heterocycles. The van der Waals surface area contributed by atoms with Crippen molar-refractivity contribution in [2.45, 2.75) is 278 Å². The molecule has 1 nitrogen and oxygen atoms in total. The van der Waals surface area contributed by atoms with Gasteiger partial charge in [-0.3, -0.25) is 0 Å². The summed E-state index contributed by atoms with van der Waals surface area (Å²) in [5.41, 5.74) is 1.46. The zero-order valence-corrected chi connectivity index (χ0v) is 60.4. The Morgan fingerprint density at radius 2 is 0.568 bits per heavy atom. The standard InChI is InChI=1S/C74H121NP2Si4/c1-13-25-58-80(59-26-14-2,60-27-15-3)73-40-34-38-69(64-73)77(70-39-35-41-74(65-70)81(61-28-16-4,62-29-17-5)63-30-18-6)75(51-50-66-36-32-31-33-37-66)76(67-42-46-71(47-43-67)78(52-19-7,53-20-8)54-21-9)68-44-48-72(49-45-68)79(55-22-10,56-23-11)57-24-12/h31-49,64-65H,13-30,50-63H2,1-12H3. The number of benzene rings is 5. The van der Waals surface area contributed by atoms with Crippen molar-refractivity contribution in [1.29, 1.82) is 0 Å². The van der Waals surface area contributed by atoms with E-state index in [-0.39, 0.29) is 0 Å². The maximum Gasteiger partial charge on any atom is 0.0867 e. The Morgan fingerprint density at radius 3 is 0.864 bits per heavy atom. The topological polar surface area (TPSA) is 3.24 Å². The van der Waals surface area contributed by atoms with E-state index in [9.17, 15) is 0 Å². The van der Waals surface area contributed by atoms with Crippen LogP contribution in [-0.2, 0) is 6.42 Å². The first-order valence-electron chi connectivity index (χ1n) is 34.4. The summed E-state index contributed by atoms with van der Waals surface area (Å²) < 4.78 is 3.21. The van der Waals surface area contributed by atoms with Gasteiger partial charge in [0.05, 0.1) is 32.3 Å². The Morgan fingerprint density at radius 1 is 0.272 bits per heavy atom. The van der Waals surface area contributed by atoms with Crippen LogP contribution in [0.25, 0.3) is 0 Å². The first-order chi connectivity index (χ1) is 39.5. The van der Waals surface area contributed by atoms with Crippen molar-refractivity contribution < 1.29 is 0 Å². The van der Waals surface area contributed by atoms with Gasteiger partial charge in [0, 0.05) is 22.7 Å². The molecule has 0 saturated carbocycles. The molecule has 0 bridgehead atoms. The normalized spacial score (nSPS) is 12.6. The average molecular weight is 1200 g/mol. The second kappa shape index (κ2) is 37.4. The fourth-order valence-corrected chi connectivity index (χ4v) is 43.3. The highest BCUT2D eigenvalue weighted by Gasteiger charge is 2.40. The minimum Gasteiger partial charge on any atom is -0.244 e. The highest BCUT2D eigenvalue weighted by atomic mass is 31.2. The molecule has 0 aliphatic heterocycles. The lowest BCUT2D eigenvalue weighted by Crippen LogP contribution is -2.49. The van der Waals surface area contributed by atoms with Crippen molar-refractivity contribution >= 4 is 90.4 Å². The van der Waals surface area contributed by atoms with E-state index in [4.69, 9.17) is 0 Å². The number of hydrogen-bond donors (Lipinski definition) is 0. The Labute approximate surface area is 508 Å². The molecule has 0 aliphatic rings. The summed E-state index contributed by atoms with van der Waals surface area (Å²) in [6.45, 7) is 30.4. The third-order valence-electron chi connectivity index (χ3n) is 19.2. The maximum absolute atomic E-state index is 3.21. The summed E-state index contributed by atoms with van der Waals surface area (Å²) in [5, 5.41) is 13.3. The van der Waals surface area contributed by atoms with Crippen LogP contribution in [0.3, 0.4) is 0 Å². The van der Waals surface area contributed by atoms with E-state index >= 15 is 0 Å². The molecule has 5 rings (SSSR count). The third-order valence-corrected chi connectivity index (χ3v) is 47.5. The molecule has 0 unspecified atom stereocenters. The van der Waals surface area contributed by atoms with E-state index < -0.39 is 48.4 Å². The fraction of sp³-hybridized carbons (Fsp3) is 0.595. The van der Waals surface area contributed by atoms with Crippen molar-refractivity contribution in [3.05, 3.63) is 133 Å². The van der Waals surface area contributed by atoms with Gasteiger partial charge in [-0.1, -0.05) is 419 Å². The molecule has 5 aromatic carbocycles. The summed E-state index contributed by atoms with van der Waals surface area (Å²) in [4.78, 5) is 0. The van der Waals surface area contributed by atoms with Gasteiger partial charge in [-0.05, 0) is 33.2 Å². The van der Waals surface area contributed by atoms with Crippen LogP contribution in [-0.4, -0.2) is 43.3 Å². The molecule has 0 heterocycles. The SMILES string of the molecule is CCCC[Si](CCCC)(CCCC)c1cccc(P(c2cccc([Si](CCCC)(CCCC)CCCC)c2)N(CCc2ccccc2)P(c2ccc([Si](CCC)(CCC)CCC)cc2)c2ccc([Si](CCC)(CCC)CCC)cc2)c1.